The molecular formula is C10H9BrN4S3. The Morgan fingerprint density at radius 1 is 1.28 bits per heavy atom. The second kappa shape index (κ2) is 5.44. The topological polar surface area (TPSA) is 51.6 Å². The van der Waals surface area contributed by atoms with Crippen LogP contribution in [0.2, 0.25) is 0 Å². The van der Waals surface area contributed by atoms with Crippen molar-refractivity contribution < 1.29 is 0 Å². The van der Waals surface area contributed by atoms with Crippen LogP contribution >= 0.6 is 50.8 Å². The Kier molecular flexibility index (Phi) is 3.88. The van der Waals surface area contributed by atoms with Gasteiger partial charge >= 0.3 is 0 Å². The van der Waals surface area contributed by atoms with Gasteiger partial charge in [-0.3, -0.25) is 0 Å². The van der Waals surface area contributed by atoms with Crippen LogP contribution in [0.4, 0.5) is 0 Å². The van der Waals surface area contributed by atoms with E-state index in [2.05, 4.69) is 36.1 Å². The lowest BCUT2D eigenvalue weighted by Gasteiger charge is -2.01. The van der Waals surface area contributed by atoms with Gasteiger partial charge in [0.1, 0.15) is 15.5 Å². The summed E-state index contributed by atoms with van der Waals surface area (Å²) in [7, 11) is 0. The maximum absolute atomic E-state index is 4.58. The van der Waals surface area contributed by atoms with Crippen molar-refractivity contribution in [3.05, 3.63) is 16.5 Å². The number of hydrogen-bond donors (Lipinski definition) is 0. The van der Waals surface area contributed by atoms with Crippen LogP contribution < -0.4 is 0 Å². The maximum Gasteiger partial charge on any atom is 0.181 e. The van der Waals surface area contributed by atoms with Crippen LogP contribution in [0, 0.1) is 0 Å². The molecule has 0 atom stereocenters. The number of halogens is 1. The van der Waals surface area contributed by atoms with E-state index in [0.717, 1.165) is 24.1 Å². The minimum Gasteiger partial charge on any atom is -0.226 e. The van der Waals surface area contributed by atoms with E-state index in [1.165, 1.54) is 12.8 Å². The molecule has 2 heterocycles. The molecule has 1 aliphatic carbocycles. The third-order valence-electron chi connectivity index (χ3n) is 2.39. The minimum absolute atomic E-state index is 0.554. The Morgan fingerprint density at radius 2 is 2.06 bits per heavy atom. The monoisotopic (exact) mass is 360 g/mol. The molecule has 0 amide bonds. The van der Waals surface area contributed by atoms with Crippen molar-refractivity contribution in [2.24, 2.45) is 0 Å². The first-order valence-electron chi connectivity index (χ1n) is 5.34. The van der Waals surface area contributed by atoms with Crippen LogP contribution in [0.1, 0.15) is 24.6 Å². The molecule has 18 heavy (non-hydrogen) atoms. The fourth-order valence-electron chi connectivity index (χ4n) is 1.40. The highest BCUT2D eigenvalue weighted by Crippen LogP contribution is 2.40. The Morgan fingerprint density at radius 3 is 2.72 bits per heavy atom. The van der Waals surface area contributed by atoms with Gasteiger partial charge in [-0.1, -0.05) is 23.1 Å². The minimum atomic E-state index is 0.554. The molecule has 0 bridgehead atoms. The second-order valence-corrected chi connectivity index (χ2v) is 7.91. The van der Waals surface area contributed by atoms with Gasteiger partial charge in [-0.2, -0.15) is 0 Å². The van der Waals surface area contributed by atoms with Crippen LogP contribution in [0.25, 0.3) is 0 Å². The molecule has 1 aliphatic rings. The van der Waals surface area contributed by atoms with Crippen LogP contribution in [0.15, 0.2) is 24.4 Å². The summed E-state index contributed by atoms with van der Waals surface area (Å²) in [6.45, 7) is 0. The largest absolute Gasteiger partial charge is 0.226 e. The predicted octanol–water partition coefficient (Wildman–Crippen LogP) is 3.84. The first-order chi connectivity index (χ1) is 8.74. The third-order valence-corrected chi connectivity index (χ3v) is 5.66. The smallest absolute Gasteiger partial charge is 0.181 e. The van der Waals surface area contributed by atoms with Crippen molar-refractivity contribution >= 4 is 50.8 Å². The normalized spacial score (nSPS) is 15.0. The van der Waals surface area contributed by atoms with E-state index in [0.29, 0.717) is 5.92 Å². The van der Waals surface area contributed by atoms with Crippen LogP contribution in [-0.4, -0.2) is 26.4 Å². The van der Waals surface area contributed by atoms with Crippen molar-refractivity contribution in [2.45, 2.75) is 32.5 Å². The molecule has 0 aromatic carbocycles. The van der Waals surface area contributed by atoms with Crippen molar-refractivity contribution in [3.8, 4) is 0 Å². The third kappa shape index (κ3) is 3.04. The van der Waals surface area contributed by atoms with Gasteiger partial charge < -0.3 is 0 Å². The van der Waals surface area contributed by atoms with E-state index in [9.17, 15) is 0 Å². The Hall–Kier alpha value is -0.180. The summed E-state index contributed by atoms with van der Waals surface area (Å²) < 4.78 is 2.75. The van der Waals surface area contributed by atoms with Crippen LogP contribution in [0.3, 0.4) is 0 Å². The lowest BCUT2D eigenvalue weighted by Crippen LogP contribution is -1.94. The van der Waals surface area contributed by atoms with Crippen molar-refractivity contribution in [1.82, 2.24) is 20.2 Å². The van der Waals surface area contributed by atoms with Crippen molar-refractivity contribution in [3.63, 3.8) is 0 Å². The van der Waals surface area contributed by atoms with E-state index in [-0.39, 0.29) is 0 Å². The summed E-state index contributed by atoms with van der Waals surface area (Å²) >= 11 is 8.19. The fourth-order valence-corrected chi connectivity index (χ4v) is 4.34. The number of thioether (sulfide) groups is 1. The highest BCUT2D eigenvalue weighted by atomic mass is 79.9. The molecule has 8 heteroatoms. The average Bonchev–Trinajstić information content (AvgIpc) is 3.10. The zero-order valence-corrected chi connectivity index (χ0v) is 13.5. The van der Waals surface area contributed by atoms with Gasteiger partial charge in [0.15, 0.2) is 8.68 Å². The Bertz CT molecular complexity index is 570. The summed E-state index contributed by atoms with van der Waals surface area (Å²) in [6.07, 6.45) is 4.41. The number of nitrogens with zero attached hydrogens (tertiary/aromatic N) is 4. The van der Waals surface area contributed by atoms with Gasteiger partial charge in [-0.15, -0.1) is 10.2 Å². The molecule has 1 saturated carbocycles. The van der Waals surface area contributed by atoms with E-state index in [1.54, 1.807) is 34.9 Å². The summed E-state index contributed by atoms with van der Waals surface area (Å²) in [5.41, 5.74) is 0. The summed E-state index contributed by atoms with van der Waals surface area (Å²) in [6, 6.07) is 1.93. The molecule has 94 valence electrons. The standard InChI is InChI=1S/C10H9BrN4S3/c1-16-9-14-15-10(18-9)17-7-4-6(11)12-8(13-7)5-2-3-5/h4-5H,2-3H2,1H3. The lowest BCUT2D eigenvalue weighted by molar-refractivity contribution is 0.865. The van der Waals surface area contributed by atoms with Gasteiger partial charge in [0, 0.05) is 12.0 Å². The molecule has 0 N–H and O–H groups in total. The number of aromatic nitrogens is 4. The van der Waals surface area contributed by atoms with Gasteiger partial charge in [0.2, 0.25) is 0 Å². The average molecular weight is 361 g/mol. The van der Waals surface area contributed by atoms with E-state index < -0.39 is 0 Å². The summed E-state index contributed by atoms with van der Waals surface area (Å²) in [5, 5.41) is 9.15. The lowest BCUT2D eigenvalue weighted by atomic mass is 10.4. The van der Waals surface area contributed by atoms with Crippen molar-refractivity contribution in [2.75, 3.05) is 6.26 Å². The van der Waals surface area contributed by atoms with E-state index in [4.69, 9.17) is 0 Å². The molecule has 0 unspecified atom stereocenters. The Labute approximate surface area is 126 Å². The molecule has 3 rings (SSSR count). The SMILES string of the molecule is CSc1nnc(Sc2cc(Br)nc(C3CC3)n2)s1. The Balaban J connectivity index is 1.82. The first-order valence-corrected chi connectivity index (χ1v) is 8.99. The van der Waals surface area contributed by atoms with Gasteiger partial charge in [0.05, 0.1) is 0 Å². The molecule has 0 aliphatic heterocycles. The van der Waals surface area contributed by atoms with Gasteiger partial charge in [-0.25, -0.2) is 9.97 Å². The molecule has 0 radical (unpaired) electrons. The molecule has 2 aromatic heterocycles. The van der Waals surface area contributed by atoms with Crippen molar-refractivity contribution in [1.29, 1.82) is 0 Å². The highest BCUT2D eigenvalue weighted by molar-refractivity contribution is 9.10. The van der Waals surface area contributed by atoms with E-state index in [1.807, 2.05) is 12.3 Å². The molecule has 1 fully saturated rings. The van der Waals surface area contributed by atoms with Gasteiger partial charge in [-0.05, 0) is 46.8 Å². The molecule has 2 aromatic rings. The zero-order valence-electron chi connectivity index (χ0n) is 9.46. The molecular weight excluding hydrogens is 352 g/mol. The zero-order chi connectivity index (χ0) is 12.5. The summed E-state index contributed by atoms with van der Waals surface area (Å²) in [4.78, 5) is 8.99. The van der Waals surface area contributed by atoms with Crippen LogP contribution in [0.5, 0.6) is 0 Å². The van der Waals surface area contributed by atoms with E-state index >= 15 is 0 Å². The molecule has 0 spiro atoms. The predicted molar refractivity (Wildman–Crippen MR) is 77.5 cm³/mol. The number of rotatable bonds is 4. The molecule has 0 saturated heterocycles. The second-order valence-electron chi connectivity index (χ2n) is 3.80. The van der Waals surface area contributed by atoms with Crippen LogP contribution in [-0.2, 0) is 0 Å². The summed E-state index contributed by atoms with van der Waals surface area (Å²) in [5.74, 6) is 1.50. The maximum atomic E-state index is 4.58. The fraction of sp³-hybridized carbons (Fsp3) is 0.400. The quantitative estimate of drug-likeness (QED) is 0.609. The molecule has 4 nitrogen and oxygen atoms in total. The highest BCUT2D eigenvalue weighted by Gasteiger charge is 2.27. The number of hydrogen-bond acceptors (Lipinski definition) is 7. The first kappa shape index (κ1) is 12.8. The van der Waals surface area contributed by atoms with Gasteiger partial charge in [0.25, 0.3) is 0 Å².